The normalized spacial score (nSPS) is 16.1. The molecule has 0 radical (unpaired) electrons. The van der Waals surface area contributed by atoms with Crippen LogP contribution in [-0.2, 0) is 21.7 Å². The molecule has 40 heavy (non-hydrogen) atoms. The summed E-state index contributed by atoms with van der Waals surface area (Å²) in [5.74, 6) is -3.55. The number of alkyl halides is 6. The quantitative estimate of drug-likeness (QED) is 0.390. The van der Waals surface area contributed by atoms with Crippen molar-refractivity contribution in [3.05, 3.63) is 55.0 Å². The molecule has 5 heterocycles. The number of piperidine rings is 1. The number of halogens is 6. The molecular weight excluding hydrogens is 552 g/mol. The van der Waals surface area contributed by atoms with E-state index in [-0.39, 0.29) is 5.54 Å². The number of rotatable bonds is 2. The lowest BCUT2D eigenvalue weighted by Crippen LogP contribution is -2.56. The molecule has 0 bridgehead atoms. The number of anilines is 1. The average Bonchev–Trinajstić information content (AvgIpc) is 3.36. The maximum atomic E-state index is 10.6. The van der Waals surface area contributed by atoms with E-state index in [9.17, 15) is 26.3 Å². The Morgan fingerprint density at radius 2 is 1.43 bits per heavy atom. The third-order valence-corrected chi connectivity index (χ3v) is 5.98. The minimum atomic E-state index is -5.08. The zero-order valence-electron chi connectivity index (χ0n) is 20.5. The van der Waals surface area contributed by atoms with Gasteiger partial charge >= 0.3 is 24.3 Å². The SMILES string of the molecule is O=C(O)C(F)(F)F.O=C(O)C(F)(F)F.c1cnc(N2CCC3(CC2)NCCn2c(-c4cccnc4)cnc23)nc1. The molecule has 1 fully saturated rings. The lowest BCUT2D eigenvalue weighted by Gasteiger charge is -2.44. The van der Waals surface area contributed by atoms with Gasteiger partial charge in [0, 0.05) is 56.5 Å². The molecule has 1 saturated heterocycles. The summed E-state index contributed by atoms with van der Waals surface area (Å²) in [5, 5.41) is 18.0. The zero-order chi connectivity index (χ0) is 29.6. The number of fused-ring (bicyclic) bond motifs is 2. The summed E-state index contributed by atoms with van der Waals surface area (Å²) in [6.45, 7) is 3.74. The van der Waals surface area contributed by atoms with Crippen LogP contribution in [0.2, 0.25) is 0 Å². The maximum absolute atomic E-state index is 10.6. The molecule has 0 aromatic carbocycles. The van der Waals surface area contributed by atoms with E-state index in [4.69, 9.17) is 24.8 Å². The van der Waals surface area contributed by atoms with E-state index in [2.05, 4.69) is 35.8 Å². The Morgan fingerprint density at radius 1 is 0.850 bits per heavy atom. The van der Waals surface area contributed by atoms with Gasteiger partial charge in [0.15, 0.2) is 0 Å². The average molecular weight is 575 g/mol. The molecular formula is C23H23F6N7O4. The number of pyridine rings is 1. The van der Waals surface area contributed by atoms with Crippen LogP contribution in [0.3, 0.4) is 0 Å². The molecule has 3 N–H and O–H groups in total. The predicted molar refractivity (Wildman–Crippen MR) is 126 cm³/mol. The second-order valence-electron chi connectivity index (χ2n) is 8.51. The van der Waals surface area contributed by atoms with Crippen molar-refractivity contribution in [2.45, 2.75) is 37.3 Å². The molecule has 2 aliphatic rings. The van der Waals surface area contributed by atoms with E-state index in [0.29, 0.717) is 0 Å². The first-order valence-corrected chi connectivity index (χ1v) is 11.6. The highest BCUT2D eigenvalue weighted by molar-refractivity contribution is 5.73. The van der Waals surface area contributed by atoms with Crippen molar-refractivity contribution in [2.75, 3.05) is 24.5 Å². The number of imidazole rings is 1. The van der Waals surface area contributed by atoms with Crippen LogP contribution >= 0.6 is 0 Å². The van der Waals surface area contributed by atoms with Crippen molar-refractivity contribution >= 4 is 17.9 Å². The fourth-order valence-corrected chi connectivity index (χ4v) is 4.16. The van der Waals surface area contributed by atoms with E-state index in [1.807, 2.05) is 24.5 Å². The highest BCUT2D eigenvalue weighted by atomic mass is 19.4. The molecule has 3 aromatic heterocycles. The van der Waals surface area contributed by atoms with Crippen LogP contribution in [0.15, 0.2) is 49.2 Å². The van der Waals surface area contributed by atoms with E-state index < -0.39 is 24.3 Å². The van der Waals surface area contributed by atoms with E-state index in [0.717, 1.165) is 62.1 Å². The van der Waals surface area contributed by atoms with Crippen LogP contribution in [0.25, 0.3) is 11.3 Å². The monoisotopic (exact) mass is 575 g/mol. The molecule has 0 amide bonds. The second kappa shape index (κ2) is 12.3. The minimum absolute atomic E-state index is 0.0655. The Bertz CT molecular complexity index is 1250. The summed E-state index contributed by atoms with van der Waals surface area (Å²) in [7, 11) is 0. The van der Waals surface area contributed by atoms with Crippen molar-refractivity contribution in [2.24, 2.45) is 0 Å². The van der Waals surface area contributed by atoms with Gasteiger partial charge in [0.1, 0.15) is 5.82 Å². The topological polar surface area (TPSA) is 146 Å². The molecule has 2 aliphatic heterocycles. The molecule has 17 heteroatoms. The number of nitrogens with zero attached hydrogens (tertiary/aromatic N) is 6. The fourth-order valence-electron chi connectivity index (χ4n) is 4.16. The van der Waals surface area contributed by atoms with Crippen molar-refractivity contribution in [1.29, 1.82) is 0 Å². The van der Waals surface area contributed by atoms with Crippen molar-refractivity contribution in [3.8, 4) is 11.3 Å². The Morgan fingerprint density at radius 3 is 1.93 bits per heavy atom. The number of hydrogen-bond acceptors (Lipinski definition) is 8. The van der Waals surface area contributed by atoms with Gasteiger partial charge in [0.25, 0.3) is 0 Å². The highest BCUT2D eigenvalue weighted by Crippen LogP contribution is 2.37. The summed E-state index contributed by atoms with van der Waals surface area (Å²) < 4.78 is 65.8. The number of aliphatic carboxylic acids is 2. The van der Waals surface area contributed by atoms with Gasteiger partial charge < -0.3 is 25.0 Å². The molecule has 3 aromatic rings. The molecule has 0 atom stereocenters. The van der Waals surface area contributed by atoms with Crippen molar-refractivity contribution in [3.63, 3.8) is 0 Å². The molecule has 0 saturated carbocycles. The summed E-state index contributed by atoms with van der Waals surface area (Å²) in [5.41, 5.74) is 2.21. The number of carboxylic acids is 2. The first-order chi connectivity index (χ1) is 18.7. The molecule has 5 rings (SSSR count). The van der Waals surface area contributed by atoms with Gasteiger partial charge in [-0.15, -0.1) is 0 Å². The predicted octanol–water partition coefficient (Wildman–Crippen LogP) is 3.10. The Labute approximate surface area is 222 Å². The number of carboxylic acid groups (broad SMARTS) is 2. The Kier molecular flexibility index (Phi) is 9.28. The zero-order valence-corrected chi connectivity index (χ0v) is 20.5. The number of carbonyl (C=O) groups is 2. The molecule has 216 valence electrons. The third-order valence-electron chi connectivity index (χ3n) is 5.98. The van der Waals surface area contributed by atoms with Crippen LogP contribution < -0.4 is 10.2 Å². The summed E-state index contributed by atoms with van der Waals surface area (Å²) >= 11 is 0. The minimum Gasteiger partial charge on any atom is -0.475 e. The van der Waals surface area contributed by atoms with Crippen molar-refractivity contribution < 1.29 is 46.1 Å². The number of aromatic nitrogens is 5. The van der Waals surface area contributed by atoms with Gasteiger partial charge in [-0.25, -0.2) is 24.5 Å². The van der Waals surface area contributed by atoms with Crippen LogP contribution in [0.4, 0.5) is 32.3 Å². The molecule has 0 unspecified atom stereocenters. The summed E-state index contributed by atoms with van der Waals surface area (Å²) in [6, 6.07) is 5.93. The second-order valence-corrected chi connectivity index (χ2v) is 8.51. The highest BCUT2D eigenvalue weighted by Gasteiger charge is 2.42. The maximum Gasteiger partial charge on any atom is 0.490 e. The van der Waals surface area contributed by atoms with Crippen LogP contribution in [-0.4, -0.2) is 78.6 Å². The molecule has 1 spiro atoms. The van der Waals surface area contributed by atoms with Crippen LogP contribution in [0.1, 0.15) is 18.7 Å². The van der Waals surface area contributed by atoms with Crippen LogP contribution in [0, 0.1) is 0 Å². The largest absolute Gasteiger partial charge is 0.490 e. The lowest BCUT2D eigenvalue weighted by atomic mass is 9.85. The van der Waals surface area contributed by atoms with Crippen LogP contribution in [0.5, 0.6) is 0 Å². The summed E-state index contributed by atoms with van der Waals surface area (Å²) in [6.07, 6.45) is 1.14. The van der Waals surface area contributed by atoms with Gasteiger partial charge in [-0.05, 0) is 31.0 Å². The van der Waals surface area contributed by atoms with E-state index >= 15 is 0 Å². The van der Waals surface area contributed by atoms with E-state index in [1.54, 1.807) is 18.6 Å². The summed E-state index contributed by atoms with van der Waals surface area (Å²) in [4.78, 5) is 37.9. The number of nitrogens with one attached hydrogen (secondary N) is 1. The fraction of sp³-hybridized carbons (Fsp3) is 0.391. The molecule has 11 nitrogen and oxygen atoms in total. The van der Waals surface area contributed by atoms with Gasteiger partial charge in [-0.2, -0.15) is 26.3 Å². The van der Waals surface area contributed by atoms with Gasteiger partial charge in [0.2, 0.25) is 5.95 Å². The first kappa shape index (κ1) is 30.3. The molecule has 0 aliphatic carbocycles. The standard InChI is InChI=1S/C19H21N7.2C2HF3O2/c1-3-15(13-20-6-1)16-14-23-17-19(24-9-12-26(16)17)4-10-25(11-5-19)18-21-7-2-8-22-18;2*3-2(4,5)1(6)7/h1-3,6-8,13-14,24H,4-5,9-12H2;2*(H,6,7). The Balaban J connectivity index is 0.000000263. The smallest absolute Gasteiger partial charge is 0.475 e. The number of hydrogen-bond donors (Lipinski definition) is 3. The van der Waals surface area contributed by atoms with Gasteiger partial charge in [0.05, 0.1) is 17.4 Å². The van der Waals surface area contributed by atoms with Gasteiger partial charge in [-0.3, -0.25) is 4.98 Å². The lowest BCUT2D eigenvalue weighted by molar-refractivity contribution is -0.193. The van der Waals surface area contributed by atoms with Gasteiger partial charge in [-0.1, -0.05) is 0 Å². The first-order valence-electron chi connectivity index (χ1n) is 11.6. The van der Waals surface area contributed by atoms with Crippen molar-refractivity contribution in [1.82, 2.24) is 29.8 Å². The Hall–Kier alpha value is -4.28. The van der Waals surface area contributed by atoms with E-state index in [1.165, 1.54) is 0 Å². The third kappa shape index (κ3) is 7.43.